The zero-order valence-electron chi connectivity index (χ0n) is 9.20. The minimum absolute atomic E-state index is 0.0878. The van der Waals surface area contributed by atoms with Gasteiger partial charge in [0.05, 0.1) is 6.67 Å². The lowest BCUT2D eigenvalue weighted by atomic mass is 9.90. The Morgan fingerprint density at radius 3 is 2.00 bits per heavy atom. The lowest BCUT2D eigenvalue weighted by Crippen LogP contribution is -2.42. The van der Waals surface area contributed by atoms with Crippen LogP contribution in [0.1, 0.15) is 41.0 Å². The quantitative estimate of drug-likeness (QED) is 0.725. The zero-order chi connectivity index (χ0) is 10.7. The molecule has 1 amide bonds. The van der Waals surface area contributed by atoms with Gasteiger partial charge in [0.1, 0.15) is 0 Å². The molecule has 0 radical (unpaired) electrons. The van der Waals surface area contributed by atoms with Crippen molar-refractivity contribution in [2.75, 3.05) is 6.67 Å². The van der Waals surface area contributed by atoms with Crippen LogP contribution in [-0.2, 0) is 4.79 Å². The third-order valence-electron chi connectivity index (χ3n) is 1.52. The van der Waals surface area contributed by atoms with E-state index in [-0.39, 0.29) is 17.9 Å². The summed E-state index contributed by atoms with van der Waals surface area (Å²) in [4.78, 5) is 11.4. The highest BCUT2D eigenvalue weighted by Gasteiger charge is 2.24. The number of carbonyl (C=O) groups excluding carboxylic acids is 1. The maximum Gasteiger partial charge on any atom is 0.221 e. The second-order valence-electron chi connectivity index (χ2n) is 5.27. The molecule has 1 N–H and O–H groups in total. The van der Waals surface area contributed by atoms with E-state index in [0.717, 1.165) is 0 Å². The van der Waals surface area contributed by atoms with Crippen LogP contribution in [0.25, 0.3) is 0 Å². The fraction of sp³-hybridized carbons (Fsp3) is 0.900. The average Bonchev–Trinajstić information content (AvgIpc) is 1.81. The minimum Gasteiger partial charge on any atom is -0.351 e. The highest BCUT2D eigenvalue weighted by atomic mass is 19.1. The van der Waals surface area contributed by atoms with Crippen LogP contribution in [0.5, 0.6) is 0 Å². The van der Waals surface area contributed by atoms with Crippen LogP contribution in [0.2, 0.25) is 0 Å². The molecule has 0 unspecified atom stereocenters. The van der Waals surface area contributed by atoms with Gasteiger partial charge in [-0.25, -0.2) is 0 Å². The van der Waals surface area contributed by atoms with Crippen LogP contribution in [0, 0.1) is 5.41 Å². The highest BCUT2D eigenvalue weighted by Crippen LogP contribution is 2.20. The predicted molar refractivity (Wildman–Crippen MR) is 52.3 cm³/mol. The smallest absolute Gasteiger partial charge is 0.221 e. The Morgan fingerprint density at radius 1 is 1.23 bits per heavy atom. The predicted octanol–water partition coefficient (Wildman–Crippen LogP) is 2.29. The molecule has 0 aromatic rings. The number of alkyl halides is 1. The average molecular weight is 189 g/mol. The van der Waals surface area contributed by atoms with Crippen LogP contribution in [0.3, 0.4) is 0 Å². The monoisotopic (exact) mass is 189 g/mol. The molecule has 0 aliphatic heterocycles. The van der Waals surface area contributed by atoms with Gasteiger partial charge in [0.15, 0.2) is 0 Å². The summed E-state index contributed by atoms with van der Waals surface area (Å²) < 4.78 is 12.4. The standard InChI is InChI=1S/C10H20FNO/c1-9(2,3)12-8(13)6-10(4,5)7-11/h6-7H2,1-5H3,(H,12,13). The van der Waals surface area contributed by atoms with E-state index in [1.54, 1.807) is 13.8 Å². The molecule has 0 bridgehead atoms. The van der Waals surface area contributed by atoms with E-state index >= 15 is 0 Å². The van der Waals surface area contributed by atoms with E-state index in [2.05, 4.69) is 5.32 Å². The van der Waals surface area contributed by atoms with E-state index in [0.29, 0.717) is 0 Å². The molecule has 0 rings (SSSR count). The van der Waals surface area contributed by atoms with Crippen molar-refractivity contribution in [1.29, 1.82) is 0 Å². The minimum atomic E-state index is -0.546. The molecule has 0 saturated carbocycles. The van der Waals surface area contributed by atoms with Gasteiger partial charge >= 0.3 is 0 Å². The number of carbonyl (C=O) groups is 1. The molecular weight excluding hydrogens is 169 g/mol. The Balaban J connectivity index is 4.03. The third kappa shape index (κ3) is 6.55. The number of hydrogen-bond donors (Lipinski definition) is 1. The van der Waals surface area contributed by atoms with E-state index in [4.69, 9.17) is 0 Å². The molecule has 0 aliphatic rings. The van der Waals surface area contributed by atoms with E-state index in [1.807, 2.05) is 20.8 Å². The fourth-order valence-corrected chi connectivity index (χ4v) is 0.944. The van der Waals surface area contributed by atoms with Crippen LogP contribution < -0.4 is 5.32 Å². The van der Waals surface area contributed by atoms with E-state index in [9.17, 15) is 9.18 Å². The number of rotatable bonds is 3. The van der Waals surface area contributed by atoms with Crippen LogP contribution in [0.4, 0.5) is 4.39 Å². The van der Waals surface area contributed by atoms with E-state index < -0.39 is 12.1 Å². The Labute approximate surface area is 79.9 Å². The van der Waals surface area contributed by atoms with Gasteiger partial charge < -0.3 is 5.32 Å². The molecule has 78 valence electrons. The fourth-order valence-electron chi connectivity index (χ4n) is 0.944. The summed E-state index contributed by atoms with van der Waals surface area (Å²) in [6, 6.07) is 0. The van der Waals surface area contributed by atoms with Crippen molar-refractivity contribution in [3.63, 3.8) is 0 Å². The number of amides is 1. The largest absolute Gasteiger partial charge is 0.351 e. The van der Waals surface area contributed by atoms with Crippen molar-refractivity contribution in [2.45, 2.75) is 46.6 Å². The topological polar surface area (TPSA) is 29.1 Å². The van der Waals surface area contributed by atoms with Gasteiger partial charge in [0.25, 0.3) is 0 Å². The molecule has 0 aromatic heterocycles. The molecule has 0 aromatic carbocycles. The van der Waals surface area contributed by atoms with Crippen molar-refractivity contribution in [3.8, 4) is 0 Å². The summed E-state index contributed by atoms with van der Waals surface area (Å²) in [6.45, 7) is 8.75. The molecule has 0 aliphatic carbocycles. The molecule has 0 atom stereocenters. The highest BCUT2D eigenvalue weighted by molar-refractivity contribution is 5.77. The maximum atomic E-state index is 12.4. The Kier molecular flexibility index (Phi) is 3.88. The van der Waals surface area contributed by atoms with Gasteiger partial charge in [0, 0.05) is 17.4 Å². The zero-order valence-corrected chi connectivity index (χ0v) is 9.20. The Morgan fingerprint density at radius 2 is 1.69 bits per heavy atom. The first-order valence-electron chi connectivity index (χ1n) is 4.53. The molecule has 0 saturated heterocycles. The Hall–Kier alpha value is -0.600. The first-order valence-corrected chi connectivity index (χ1v) is 4.53. The van der Waals surface area contributed by atoms with Gasteiger partial charge in [0.2, 0.25) is 5.91 Å². The summed E-state index contributed by atoms with van der Waals surface area (Å²) in [5.41, 5.74) is -0.779. The second kappa shape index (κ2) is 4.07. The lowest BCUT2D eigenvalue weighted by Gasteiger charge is -2.25. The van der Waals surface area contributed by atoms with E-state index in [1.165, 1.54) is 0 Å². The first-order chi connectivity index (χ1) is 5.66. The Bertz CT molecular complexity index is 182. The van der Waals surface area contributed by atoms with Crippen molar-refractivity contribution in [3.05, 3.63) is 0 Å². The number of hydrogen-bond acceptors (Lipinski definition) is 1. The SMILES string of the molecule is CC(C)(CF)CC(=O)NC(C)(C)C. The van der Waals surface area contributed by atoms with Crippen molar-refractivity contribution in [1.82, 2.24) is 5.32 Å². The molecule has 13 heavy (non-hydrogen) atoms. The molecule has 0 spiro atoms. The van der Waals surface area contributed by atoms with Gasteiger partial charge in [-0.2, -0.15) is 0 Å². The normalized spacial score (nSPS) is 12.8. The van der Waals surface area contributed by atoms with Crippen LogP contribution >= 0.6 is 0 Å². The molecule has 0 heterocycles. The van der Waals surface area contributed by atoms with Gasteiger partial charge in [-0.05, 0) is 20.8 Å². The van der Waals surface area contributed by atoms with Gasteiger partial charge in [-0.1, -0.05) is 13.8 Å². The summed E-state index contributed by atoms with van der Waals surface area (Å²) in [7, 11) is 0. The maximum absolute atomic E-state index is 12.4. The number of nitrogens with one attached hydrogen (secondary N) is 1. The molecule has 3 heteroatoms. The summed E-state index contributed by atoms with van der Waals surface area (Å²) in [5, 5.41) is 2.80. The molecule has 2 nitrogen and oxygen atoms in total. The van der Waals surface area contributed by atoms with Crippen LogP contribution in [-0.4, -0.2) is 18.1 Å². The van der Waals surface area contributed by atoms with Crippen molar-refractivity contribution in [2.24, 2.45) is 5.41 Å². The van der Waals surface area contributed by atoms with Crippen molar-refractivity contribution < 1.29 is 9.18 Å². The second-order valence-corrected chi connectivity index (χ2v) is 5.27. The molecule has 0 fully saturated rings. The first kappa shape index (κ1) is 12.4. The number of halogens is 1. The van der Waals surface area contributed by atoms with Crippen LogP contribution in [0.15, 0.2) is 0 Å². The summed E-state index contributed by atoms with van der Waals surface area (Å²) in [6.07, 6.45) is 0.237. The van der Waals surface area contributed by atoms with Gasteiger partial charge in [-0.15, -0.1) is 0 Å². The summed E-state index contributed by atoms with van der Waals surface area (Å²) in [5.74, 6) is -0.0878. The third-order valence-corrected chi connectivity index (χ3v) is 1.52. The van der Waals surface area contributed by atoms with Crippen molar-refractivity contribution >= 4 is 5.91 Å². The van der Waals surface area contributed by atoms with Gasteiger partial charge in [-0.3, -0.25) is 9.18 Å². The summed E-state index contributed by atoms with van der Waals surface area (Å²) >= 11 is 0. The molecular formula is C10H20FNO. The lowest BCUT2D eigenvalue weighted by molar-refractivity contribution is -0.124.